The fourth-order valence-electron chi connectivity index (χ4n) is 2.22. The van der Waals surface area contributed by atoms with Gasteiger partial charge in [-0.3, -0.25) is 4.79 Å². The Kier molecular flexibility index (Phi) is 5.42. The lowest BCUT2D eigenvalue weighted by molar-refractivity contribution is -0.127. The summed E-state index contributed by atoms with van der Waals surface area (Å²) in [7, 11) is 1.58. The summed E-state index contributed by atoms with van der Waals surface area (Å²) >= 11 is 0. The molecule has 0 radical (unpaired) electrons. The summed E-state index contributed by atoms with van der Waals surface area (Å²) in [5.41, 5.74) is 0.0472. The van der Waals surface area contributed by atoms with Crippen LogP contribution < -0.4 is 19.7 Å². The van der Waals surface area contributed by atoms with E-state index >= 15 is 0 Å². The first-order chi connectivity index (χ1) is 11.7. The molecule has 0 bridgehead atoms. The maximum absolute atomic E-state index is 12.6. The highest BCUT2D eigenvalue weighted by Gasteiger charge is 2.33. The molecule has 1 heterocycles. The molecule has 0 aliphatic carbocycles. The van der Waals surface area contributed by atoms with Crippen LogP contribution in [0.15, 0.2) is 18.2 Å². The number of terminal acetylenes is 1. The number of amides is 2. The average molecular weight is 346 g/mol. The van der Waals surface area contributed by atoms with Crippen LogP contribution in [-0.4, -0.2) is 43.9 Å². The molecule has 0 fully saturated rings. The normalized spacial score (nSPS) is 16.8. The molecule has 7 nitrogen and oxygen atoms in total. The third-order valence-electron chi connectivity index (χ3n) is 3.34. The van der Waals surface area contributed by atoms with E-state index in [1.54, 1.807) is 25.2 Å². The van der Waals surface area contributed by atoms with Crippen molar-refractivity contribution in [2.24, 2.45) is 0 Å². The van der Waals surface area contributed by atoms with Gasteiger partial charge in [-0.1, -0.05) is 5.92 Å². The number of rotatable bonds is 3. The number of ether oxygens (including phenoxy) is 3. The number of alkyl carbamates (subject to hydrolysis) is 1. The Bertz CT molecular complexity index is 702. The van der Waals surface area contributed by atoms with Gasteiger partial charge in [-0.05, 0) is 32.9 Å². The summed E-state index contributed by atoms with van der Waals surface area (Å²) in [4.78, 5) is 25.9. The molecule has 1 atom stereocenters. The third-order valence-corrected chi connectivity index (χ3v) is 3.34. The van der Waals surface area contributed by atoms with Crippen molar-refractivity contribution in [2.45, 2.75) is 32.4 Å². The molecule has 1 aromatic rings. The maximum atomic E-state index is 12.6. The van der Waals surface area contributed by atoms with Gasteiger partial charge in [-0.15, -0.1) is 6.42 Å². The second-order valence-electron chi connectivity index (χ2n) is 6.60. The molecular weight excluding hydrogens is 324 g/mol. The molecule has 7 heteroatoms. The van der Waals surface area contributed by atoms with Crippen molar-refractivity contribution in [3.63, 3.8) is 0 Å². The van der Waals surface area contributed by atoms with E-state index in [4.69, 9.17) is 20.6 Å². The number of fused-ring (bicyclic) bond motifs is 1. The molecule has 1 aromatic carbocycles. The molecule has 0 spiro atoms. The molecular formula is C18H22N2O5. The van der Waals surface area contributed by atoms with Crippen LogP contribution in [0, 0.1) is 12.3 Å². The van der Waals surface area contributed by atoms with E-state index < -0.39 is 23.6 Å². The predicted octanol–water partition coefficient (Wildman–Crippen LogP) is 1.95. The van der Waals surface area contributed by atoms with Crippen LogP contribution in [-0.2, 0) is 9.53 Å². The van der Waals surface area contributed by atoms with Gasteiger partial charge in [0.15, 0.2) is 0 Å². The van der Waals surface area contributed by atoms with E-state index in [1.165, 1.54) is 4.90 Å². The van der Waals surface area contributed by atoms with E-state index in [2.05, 4.69) is 11.2 Å². The zero-order valence-electron chi connectivity index (χ0n) is 14.8. The van der Waals surface area contributed by atoms with E-state index in [0.717, 1.165) is 0 Å². The zero-order chi connectivity index (χ0) is 18.6. The van der Waals surface area contributed by atoms with Gasteiger partial charge < -0.3 is 24.4 Å². The van der Waals surface area contributed by atoms with E-state index in [9.17, 15) is 9.59 Å². The fourth-order valence-corrected chi connectivity index (χ4v) is 2.22. The average Bonchev–Trinajstić information content (AvgIpc) is 2.63. The summed E-state index contributed by atoms with van der Waals surface area (Å²) in [6, 6.07) is 5.03. The zero-order valence-corrected chi connectivity index (χ0v) is 14.8. The number of carbonyl (C=O) groups is 2. The maximum Gasteiger partial charge on any atom is 0.408 e. The lowest BCUT2D eigenvalue weighted by atomic mass is 10.1. The number of benzene rings is 1. The molecule has 0 aromatic heterocycles. The highest BCUT2D eigenvalue weighted by molar-refractivity contribution is 5.99. The van der Waals surface area contributed by atoms with E-state index in [0.29, 0.717) is 17.2 Å². The predicted molar refractivity (Wildman–Crippen MR) is 92.8 cm³/mol. The third kappa shape index (κ3) is 4.80. The number of likely N-dealkylation sites (N-methyl/N-ethyl adjacent to an activating group) is 1. The molecule has 0 unspecified atom stereocenters. The summed E-state index contributed by atoms with van der Waals surface area (Å²) in [5.74, 6) is 3.00. The Hall–Kier alpha value is -2.88. The van der Waals surface area contributed by atoms with Gasteiger partial charge in [0.1, 0.15) is 24.7 Å². The number of anilines is 1. The Balaban J connectivity index is 2.15. The molecule has 2 amide bonds. The van der Waals surface area contributed by atoms with E-state index in [1.807, 2.05) is 20.8 Å². The van der Waals surface area contributed by atoms with Crippen molar-refractivity contribution < 1.29 is 23.8 Å². The molecule has 1 N–H and O–H groups in total. The summed E-state index contributed by atoms with van der Waals surface area (Å²) < 4.78 is 16.2. The first-order valence-corrected chi connectivity index (χ1v) is 7.81. The number of carbonyl (C=O) groups excluding carboxylic acids is 2. The van der Waals surface area contributed by atoms with Crippen molar-refractivity contribution >= 4 is 17.7 Å². The molecule has 1 aliphatic heterocycles. The van der Waals surface area contributed by atoms with Gasteiger partial charge in [-0.25, -0.2) is 4.79 Å². The number of hydrogen-bond acceptors (Lipinski definition) is 5. The van der Waals surface area contributed by atoms with Gasteiger partial charge in [-0.2, -0.15) is 0 Å². The molecule has 1 aliphatic rings. The van der Waals surface area contributed by atoms with Crippen molar-refractivity contribution in [1.82, 2.24) is 5.32 Å². The van der Waals surface area contributed by atoms with Crippen molar-refractivity contribution in [3.05, 3.63) is 18.2 Å². The summed E-state index contributed by atoms with van der Waals surface area (Å²) in [5, 5.41) is 2.65. The Labute approximate surface area is 147 Å². The summed E-state index contributed by atoms with van der Waals surface area (Å²) in [6.45, 7) is 5.51. The minimum absolute atomic E-state index is 0.0711. The molecule has 134 valence electrons. The van der Waals surface area contributed by atoms with Gasteiger partial charge in [0.2, 0.25) is 6.10 Å². The van der Waals surface area contributed by atoms with Crippen LogP contribution in [0.4, 0.5) is 10.5 Å². The van der Waals surface area contributed by atoms with Crippen LogP contribution >= 0.6 is 0 Å². The van der Waals surface area contributed by atoms with Crippen molar-refractivity contribution in [1.29, 1.82) is 0 Å². The van der Waals surface area contributed by atoms with E-state index in [-0.39, 0.29) is 13.2 Å². The largest absolute Gasteiger partial charge is 0.487 e. The minimum Gasteiger partial charge on any atom is -0.487 e. The minimum atomic E-state index is -1.05. The highest BCUT2D eigenvalue weighted by Crippen LogP contribution is 2.34. The Morgan fingerprint density at radius 1 is 1.48 bits per heavy atom. The molecule has 0 saturated heterocycles. The first-order valence-electron chi connectivity index (χ1n) is 7.81. The SMILES string of the molecule is C#CCOc1ccc2c(c1)N(C)C(=O)[C@@H](OC(=O)NC(C)(C)C)CO2. The topological polar surface area (TPSA) is 77.1 Å². The molecule has 0 saturated carbocycles. The highest BCUT2D eigenvalue weighted by atomic mass is 16.6. The Morgan fingerprint density at radius 2 is 2.20 bits per heavy atom. The molecule has 2 rings (SSSR count). The monoisotopic (exact) mass is 346 g/mol. The number of nitrogens with zero attached hydrogens (tertiary/aromatic N) is 1. The van der Waals surface area contributed by atoms with Crippen LogP contribution in [0.3, 0.4) is 0 Å². The van der Waals surface area contributed by atoms with Crippen molar-refractivity contribution in [3.8, 4) is 23.8 Å². The van der Waals surface area contributed by atoms with Gasteiger partial charge in [0, 0.05) is 18.7 Å². The van der Waals surface area contributed by atoms with Gasteiger partial charge in [0.05, 0.1) is 5.69 Å². The second kappa shape index (κ2) is 7.34. The molecule has 25 heavy (non-hydrogen) atoms. The first kappa shape index (κ1) is 18.5. The second-order valence-corrected chi connectivity index (χ2v) is 6.60. The van der Waals surface area contributed by atoms with Crippen molar-refractivity contribution in [2.75, 3.05) is 25.2 Å². The van der Waals surface area contributed by atoms with Gasteiger partial charge in [0.25, 0.3) is 5.91 Å². The quantitative estimate of drug-likeness (QED) is 0.847. The lowest BCUT2D eigenvalue weighted by Gasteiger charge is -2.23. The van der Waals surface area contributed by atoms with Crippen LogP contribution in [0.5, 0.6) is 11.5 Å². The fraction of sp³-hybridized carbons (Fsp3) is 0.444. The number of hydrogen-bond donors (Lipinski definition) is 1. The summed E-state index contributed by atoms with van der Waals surface area (Å²) in [6.07, 6.45) is 3.46. The smallest absolute Gasteiger partial charge is 0.408 e. The lowest BCUT2D eigenvalue weighted by Crippen LogP contribution is -2.46. The Morgan fingerprint density at radius 3 is 2.84 bits per heavy atom. The van der Waals surface area contributed by atoms with Crippen LogP contribution in [0.2, 0.25) is 0 Å². The van der Waals surface area contributed by atoms with Crippen LogP contribution in [0.25, 0.3) is 0 Å². The van der Waals surface area contributed by atoms with Crippen LogP contribution in [0.1, 0.15) is 20.8 Å². The number of nitrogens with one attached hydrogen (secondary N) is 1. The standard InChI is InChI=1S/C18H22N2O5/c1-6-9-23-12-7-8-14-13(10-12)20(5)16(21)15(11-24-14)25-17(22)19-18(2,3)4/h1,7-8,10,15H,9,11H2,2-5H3,(H,19,22)/t15-/m0/s1. The van der Waals surface area contributed by atoms with Gasteiger partial charge >= 0.3 is 6.09 Å².